The van der Waals surface area contributed by atoms with Crippen molar-refractivity contribution in [3.63, 3.8) is 0 Å². The monoisotopic (exact) mass is 205 g/mol. The summed E-state index contributed by atoms with van der Waals surface area (Å²) in [6.45, 7) is 1.82. The lowest BCUT2D eigenvalue weighted by Crippen LogP contribution is -2.23. The van der Waals surface area contributed by atoms with Crippen LogP contribution in [0.3, 0.4) is 0 Å². The highest BCUT2D eigenvalue weighted by molar-refractivity contribution is 6.00. The molecule has 0 unspecified atom stereocenters. The molecule has 1 amide bonds. The topological polar surface area (TPSA) is 29.5 Å². The summed E-state index contributed by atoms with van der Waals surface area (Å²) in [4.78, 5) is 13.1. The van der Waals surface area contributed by atoms with Crippen molar-refractivity contribution < 1.29 is 9.53 Å². The van der Waals surface area contributed by atoms with Crippen LogP contribution in [0.25, 0.3) is 0 Å². The molecule has 1 rings (SSSR count). The number of likely N-dealkylation sites (N-methyl/N-ethyl adjacent to an activating group) is 1. The number of carbonyl (C=O) groups excluding carboxylic acids is 1. The van der Waals surface area contributed by atoms with Crippen molar-refractivity contribution in [2.24, 2.45) is 0 Å². The Kier molecular flexibility index (Phi) is 3.92. The van der Waals surface area contributed by atoms with E-state index in [2.05, 4.69) is 0 Å². The van der Waals surface area contributed by atoms with E-state index in [1.807, 2.05) is 31.2 Å². The zero-order chi connectivity index (χ0) is 11.3. The molecule has 0 atom stereocenters. The molecule has 0 saturated carbocycles. The van der Waals surface area contributed by atoms with Crippen LogP contribution in [0, 0.1) is 0 Å². The van der Waals surface area contributed by atoms with Crippen LogP contribution in [-0.4, -0.2) is 20.1 Å². The Morgan fingerprint density at radius 2 is 2.20 bits per heavy atom. The Balaban J connectivity index is 2.90. The first-order chi connectivity index (χ1) is 7.19. The van der Waals surface area contributed by atoms with E-state index in [1.165, 1.54) is 6.08 Å². The van der Waals surface area contributed by atoms with Crippen LogP contribution < -0.4 is 9.64 Å². The Morgan fingerprint density at radius 3 is 2.80 bits per heavy atom. The van der Waals surface area contributed by atoms with E-state index in [1.54, 1.807) is 25.1 Å². The van der Waals surface area contributed by atoms with E-state index < -0.39 is 0 Å². The third-order valence-electron chi connectivity index (χ3n) is 2.08. The van der Waals surface area contributed by atoms with Crippen molar-refractivity contribution in [2.45, 2.75) is 6.92 Å². The fraction of sp³-hybridized carbons (Fsp3) is 0.250. The van der Waals surface area contributed by atoms with Gasteiger partial charge in [0.2, 0.25) is 5.91 Å². The molecule has 80 valence electrons. The normalized spacial score (nSPS) is 10.3. The van der Waals surface area contributed by atoms with E-state index >= 15 is 0 Å². The van der Waals surface area contributed by atoms with Gasteiger partial charge in [0.15, 0.2) is 0 Å². The Hall–Kier alpha value is -1.77. The number of ether oxygens (including phenoxy) is 1. The van der Waals surface area contributed by atoms with Crippen LogP contribution in [0.15, 0.2) is 36.4 Å². The second-order valence-corrected chi connectivity index (χ2v) is 3.10. The van der Waals surface area contributed by atoms with Gasteiger partial charge in [0.1, 0.15) is 5.75 Å². The summed E-state index contributed by atoms with van der Waals surface area (Å²) in [6, 6.07) is 7.39. The van der Waals surface area contributed by atoms with Gasteiger partial charge in [-0.3, -0.25) is 4.79 Å². The fourth-order valence-corrected chi connectivity index (χ4v) is 1.20. The van der Waals surface area contributed by atoms with Crippen molar-refractivity contribution in [1.82, 2.24) is 0 Å². The Bertz CT molecular complexity index is 372. The summed E-state index contributed by atoms with van der Waals surface area (Å²) in [7, 11) is 3.34. The fourth-order valence-electron chi connectivity index (χ4n) is 1.20. The third-order valence-corrected chi connectivity index (χ3v) is 2.08. The summed E-state index contributed by atoms with van der Waals surface area (Å²) in [5, 5.41) is 0. The number of hydrogen-bond donors (Lipinski definition) is 0. The molecule has 0 aliphatic heterocycles. The van der Waals surface area contributed by atoms with E-state index in [-0.39, 0.29) is 5.91 Å². The number of hydrogen-bond acceptors (Lipinski definition) is 2. The molecule has 0 aliphatic rings. The van der Waals surface area contributed by atoms with Crippen molar-refractivity contribution in [3.05, 3.63) is 36.4 Å². The molecule has 1 aromatic rings. The highest BCUT2D eigenvalue weighted by Gasteiger charge is 2.07. The average molecular weight is 205 g/mol. The summed E-state index contributed by atoms with van der Waals surface area (Å²) in [5.41, 5.74) is 0.817. The number of benzene rings is 1. The van der Waals surface area contributed by atoms with Crippen LogP contribution in [0.2, 0.25) is 0 Å². The maximum absolute atomic E-state index is 11.5. The SMILES string of the molecule is C/C=C/C(=O)N(C)c1cccc(OC)c1. The van der Waals surface area contributed by atoms with Crippen LogP contribution in [0.4, 0.5) is 5.69 Å². The Morgan fingerprint density at radius 1 is 1.47 bits per heavy atom. The molecule has 0 saturated heterocycles. The molecule has 0 N–H and O–H groups in total. The van der Waals surface area contributed by atoms with Gasteiger partial charge in [-0.05, 0) is 25.1 Å². The minimum Gasteiger partial charge on any atom is -0.497 e. The van der Waals surface area contributed by atoms with E-state index in [0.717, 1.165) is 11.4 Å². The molecule has 0 radical (unpaired) electrons. The first-order valence-corrected chi connectivity index (χ1v) is 4.73. The number of amides is 1. The largest absolute Gasteiger partial charge is 0.497 e. The maximum Gasteiger partial charge on any atom is 0.250 e. The Labute approximate surface area is 90.0 Å². The maximum atomic E-state index is 11.5. The number of rotatable bonds is 3. The van der Waals surface area contributed by atoms with Gasteiger partial charge >= 0.3 is 0 Å². The van der Waals surface area contributed by atoms with Crippen LogP contribution in [0.5, 0.6) is 5.75 Å². The molecule has 15 heavy (non-hydrogen) atoms. The van der Waals surface area contributed by atoms with Gasteiger partial charge in [0, 0.05) is 18.8 Å². The molecule has 0 bridgehead atoms. The second kappa shape index (κ2) is 5.20. The van der Waals surface area contributed by atoms with Crippen molar-refractivity contribution >= 4 is 11.6 Å². The summed E-state index contributed by atoms with van der Waals surface area (Å²) in [6.07, 6.45) is 3.25. The first-order valence-electron chi connectivity index (χ1n) is 4.73. The molecule has 0 heterocycles. The molecule has 1 aromatic carbocycles. The van der Waals surface area contributed by atoms with Crippen molar-refractivity contribution in [2.75, 3.05) is 19.1 Å². The highest BCUT2D eigenvalue weighted by Crippen LogP contribution is 2.19. The van der Waals surface area contributed by atoms with Gasteiger partial charge in [-0.15, -0.1) is 0 Å². The predicted octanol–water partition coefficient (Wildman–Crippen LogP) is 2.23. The molecule has 3 heteroatoms. The standard InChI is InChI=1S/C12H15NO2/c1-4-6-12(14)13(2)10-7-5-8-11(9-10)15-3/h4-9H,1-3H3/b6-4+. The van der Waals surface area contributed by atoms with Crippen LogP contribution >= 0.6 is 0 Å². The highest BCUT2D eigenvalue weighted by atomic mass is 16.5. The summed E-state index contributed by atoms with van der Waals surface area (Å²) in [5.74, 6) is 0.693. The quantitative estimate of drug-likeness (QED) is 0.708. The van der Waals surface area contributed by atoms with Gasteiger partial charge in [-0.2, -0.15) is 0 Å². The number of methoxy groups -OCH3 is 1. The molecule has 0 aromatic heterocycles. The van der Waals surface area contributed by atoms with Gasteiger partial charge < -0.3 is 9.64 Å². The van der Waals surface area contributed by atoms with E-state index in [4.69, 9.17) is 4.74 Å². The minimum absolute atomic E-state index is 0.0502. The summed E-state index contributed by atoms with van der Waals surface area (Å²) >= 11 is 0. The van der Waals surface area contributed by atoms with Gasteiger partial charge in [-0.25, -0.2) is 0 Å². The smallest absolute Gasteiger partial charge is 0.250 e. The van der Waals surface area contributed by atoms with Gasteiger partial charge in [-0.1, -0.05) is 12.1 Å². The first kappa shape index (κ1) is 11.3. The second-order valence-electron chi connectivity index (χ2n) is 3.10. The number of allylic oxidation sites excluding steroid dienone is 1. The van der Waals surface area contributed by atoms with Crippen LogP contribution in [0.1, 0.15) is 6.92 Å². The number of anilines is 1. The third kappa shape index (κ3) is 2.84. The average Bonchev–Trinajstić information content (AvgIpc) is 2.28. The molecular formula is C12H15NO2. The van der Waals surface area contributed by atoms with Crippen LogP contribution in [-0.2, 0) is 4.79 Å². The van der Waals surface area contributed by atoms with Crippen molar-refractivity contribution in [1.29, 1.82) is 0 Å². The lowest BCUT2D eigenvalue weighted by Gasteiger charge is -2.15. The lowest BCUT2D eigenvalue weighted by molar-refractivity contribution is -0.113. The predicted molar refractivity (Wildman–Crippen MR) is 61.2 cm³/mol. The van der Waals surface area contributed by atoms with Gasteiger partial charge in [0.05, 0.1) is 7.11 Å². The molecule has 3 nitrogen and oxygen atoms in total. The number of carbonyl (C=O) groups is 1. The molecule has 0 spiro atoms. The molecule has 0 fully saturated rings. The molecular weight excluding hydrogens is 190 g/mol. The molecule has 0 aliphatic carbocycles. The summed E-state index contributed by atoms with van der Waals surface area (Å²) < 4.78 is 5.09. The minimum atomic E-state index is -0.0502. The van der Waals surface area contributed by atoms with E-state index in [0.29, 0.717) is 0 Å². The van der Waals surface area contributed by atoms with Gasteiger partial charge in [0.25, 0.3) is 0 Å². The zero-order valence-electron chi connectivity index (χ0n) is 9.23. The lowest BCUT2D eigenvalue weighted by atomic mass is 10.2. The zero-order valence-corrected chi connectivity index (χ0v) is 9.23. The van der Waals surface area contributed by atoms with Crippen molar-refractivity contribution in [3.8, 4) is 5.75 Å². The number of nitrogens with zero attached hydrogens (tertiary/aromatic N) is 1. The van der Waals surface area contributed by atoms with E-state index in [9.17, 15) is 4.79 Å².